The normalized spacial score (nSPS) is 14.7. The van der Waals surface area contributed by atoms with Crippen LogP contribution in [0.1, 0.15) is 32.5 Å². The molecule has 1 saturated heterocycles. The molecule has 0 spiro atoms. The Labute approximate surface area is 231 Å². The molecular formula is C28H33N7O3S. The molecule has 1 amide bonds. The predicted octanol–water partition coefficient (Wildman–Crippen LogP) is 4.30. The van der Waals surface area contributed by atoms with Crippen molar-refractivity contribution in [3.63, 3.8) is 0 Å². The standard InChI is InChI=1S/C25H26N6O2S.C3H7NO/c1-25(23(32)33)6-9-31(10-7-25)15-21-28-13-17(14-29-21)16-11-18(19-5-3-4-8-27-19)22-20(12-16)30-24(26-2)34-22;1-2-4-3-5/h3-5,8,11-14H,6-7,9-10,15H2,1-2H3,(H,26,30)(H,32,33);3H,2H2,1H3,(H,4,5). The maximum atomic E-state index is 11.5. The van der Waals surface area contributed by atoms with E-state index in [-0.39, 0.29) is 0 Å². The number of carboxylic acid groups (broad SMARTS) is 1. The Balaban J connectivity index is 0.000000648. The smallest absolute Gasteiger partial charge is 0.309 e. The number of aliphatic carboxylic acids is 1. The molecule has 1 aliphatic heterocycles. The number of carbonyl (C=O) groups is 2. The van der Waals surface area contributed by atoms with E-state index in [2.05, 4.69) is 42.6 Å². The summed E-state index contributed by atoms with van der Waals surface area (Å²) < 4.78 is 1.09. The first-order valence-corrected chi connectivity index (χ1v) is 13.7. The molecule has 3 N–H and O–H groups in total. The Bertz CT molecular complexity index is 1400. The lowest BCUT2D eigenvalue weighted by molar-refractivity contribution is -0.150. The van der Waals surface area contributed by atoms with Crippen LogP contribution in [0.5, 0.6) is 0 Å². The molecule has 10 nitrogen and oxygen atoms in total. The molecule has 0 bridgehead atoms. The number of likely N-dealkylation sites (tertiary alicyclic amines) is 1. The number of thiazole rings is 1. The first-order chi connectivity index (χ1) is 18.9. The fourth-order valence-corrected chi connectivity index (χ4v) is 5.23. The zero-order chi connectivity index (χ0) is 27.8. The van der Waals surface area contributed by atoms with E-state index in [4.69, 9.17) is 4.98 Å². The summed E-state index contributed by atoms with van der Waals surface area (Å²) in [5.74, 6) is 0.0246. The van der Waals surface area contributed by atoms with Crippen molar-refractivity contribution in [1.29, 1.82) is 0 Å². The third-order valence-corrected chi connectivity index (χ3v) is 7.93. The van der Waals surface area contributed by atoms with E-state index >= 15 is 0 Å². The Morgan fingerprint density at radius 1 is 1.15 bits per heavy atom. The van der Waals surface area contributed by atoms with Gasteiger partial charge in [0.05, 0.1) is 27.9 Å². The number of fused-ring (bicyclic) bond motifs is 1. The van der Waals surface area contributed by atoms with Crippen LogP contribution in [0.25, 0.3) is 32.6 Å². The van der Waals surface area contributed by atoms with Gasteiger partial charge in [0.25, 0.3) is 0 Å². The van der Waals surface area contributed by atoms with Gasteiger partial charge in [0.2, 0.25) is 6.41 Å². The zero-order valence-corrected chi connectivity index (χ0v) is 23.2. The molecule has 0 saturated carbocycles. The number of pyridine rings is 1. The number of aromatic nitrogens is 4. The molecule has 3 aromatic heterocycles. The van der Waals surface area contributed by atoms with Crippen LogP contribution in [0, 0.1) is 5.41 Å². The molecule has 204 valence electrons. The fraction of sp³-hybridized carbons (Fsp3) is 0.357. The summed E-state index contributed by atoms with van der Waals surface area (Å²) in [6.07, 6.45) is 7.45. The Hall–Kier alpha value is -3.96. The lowest BCUT2D eigenvalue weighted by atomic mass is 9.80. The number of amides is 1. The second-order valence-electron chi connectivity index (χ2n) is 9.56. The van der Waals surface area contributed by atoms with E-state index in [9.17, 15) is 14.7 Å². The third-order valence-electron chi connectivity index (χ3n) is 6.81. The van der Waals surface area contributed by atoms with Gasteiger partial charge in [-0.15, -0.1) is 0 Å². The van der Waals surface area contributed by atoms with Crippen molar-refractivity contribution in [1.82, 2.24) is 30.2 Å². The monoisotopic (exact) mass is 547 g/mol. The summed E-state index contributed by atoms with van der Waals surface area (Å²) >= 11 is 1.61. The molecule has 0 aliphatic carbocycles. The summed E-state index contributed by atoms with van der Waals surface area (Å²) in [5, 5.41) is 15.9. The molecule has 1 aromatic carbocycles. The number of nitrogens with zero attached hydrogens (tertiary/aromatic N) is 5. The summed E-state index contributed by atoms with van der Waals surface area (Å²) in [4.78, 5) is 41.5. The van der Waals surface area contributed by atoms with E-state index in [0.717, 1.165) is 63.2 Å². The Kier molecular flexibility index (Phi) is 9.15. The molecule has 5 rings (SSSR count). The lowest BCUT2D eigenvalue weighted by Gasteiger charge is -2.36. The van der Waals surface area contributed by atoms with Gasteiger partial charge in [-0.3, -0.25) is 19.5 Å². The highest BCUT2D eigenvalue weighted by Crippen LogP contribution is 2.38. The SMILES string of the molecule is CCNC=O.CNc1nc2cc(-c3cnc(CN4CCC(C)(C(=O)O)CC4)nc3)cc(-c3ccccn3)c2s1. The molecule has 4 aromatic rings. The van der Waals surface area contributed by atoms with Gasteiger partial charge in [0, 0.05) is 43.3 Å². The van der Waals surface area contributed by atoms with E-state index < -0.39 is 11.4 Å². The minimum atomic E-state index is -0.711. The number of carboxylic acids is 1. The number of rotatable bonds is 8. The zero-order valence-electron chi connectivity index (χ0n) is 22.3. The van der Waals surface area contributed by atoms with E-state index in [1.165, 1.54) is 0 Å². The topological polar surface area (TPSA) is 133 Å². The third kappa shape index (κ3) is 6.73. The van der Waals surface area contributed by atoms with E-state index in [0.29, 0.717) is 25.8 Å². The van der Waals surface area contributed by atoms with E-state index in [1.807, 2.05) is 51.5 Å². The van der Waals surface area contributed by atoms with Crippen LogP contribution in [-0.4, -0.2) is 69.0 Å². The van der Waals surface area contributed by atoms with Crippen molar-refractivity contribution in [3.05, 3.63) is 54.7 Å². The number of carbonyl (C=O) groups excluding carboxylic acids is 1. The molecule has 4 heterocycles. The molecule has 11 heteroatoms. The maximum Gasteiger partial charge on any atom is 0.309 e. The predicted molar refractivity (Wildman–Crippen MR) is 153 cm³/mol. The van der Waals surface area contributed by atoms with Crippen LogP contribution in [0.15, 0.2) is 48.9 Å². The van der Waals surface area contributed by atoms with Crippen LogP contribution in [0.2, 0.25) is 0 Å². The molecule has 0 radical (unpaired) electrons. The fourth-order valence-electron chi connectivity index (χ4n) is 4.31. The van der Waals surface area contributed by atoms with Crippen molar-refractivity contribution in [2.24, 2.45) is 5.41 Å². The molecule has 0 atom stereocenters. The number of benzene rings is 1. The van der Waals surface area contributed by atoms with Gasteiger partial charge in [-0.1, -0.05) is 17.4 Å². The summed E-state index contributed by atoms with van der Waals surface area (Å²) in [7, 11) is 1.87. The number of hydrogen-bond acceptors (Lipinski definition) is 9. The van der Waals surface area contributed by atoms with Gasteiger partial charge in [0.1, 0.15) is 5.82 Å². The highest BCUT2D eigenvalue weighted by atomic mass is 32.1. The van der Waals surface area contributed by atoms with Gasteiger partial charge in [-0.2, -0.15) is 0 Å². The number of nitrogens with one attached hydrogen (secondary N) is 2. The largest absolute Gasteiger partial charge is 0.481 e. The first kappa shape index (κ1) is 28.1. The minimum Gasteiger partial charge on any atom is -0.481 e. The van der Waals surface area contributed by atoms with Crippen LogP contribution >= 0.6 is 11.3 Å². The van der Waals surface area contributed by atoms with Crippen molar-refractivity contribution in [2.45, 2.75) is 33.2 Å². The second kappa shape index (κ2) is 12.7. The quantitative estimate of drug-likeness (QED) is 0.276. The average Bonchev–Trinajstić information content (AvgIpc) is 3.39. The highest BCUT2D eigenvalue weighted by molar-refractivity contribution is 7.22. The van der Waals surface area contributed by atoms with Gasteiger partial charge < -0.3 is 15.7 Å². The van der Waals surface area contributed by atoms with Crippen LogP contribution in [0.3, 0.4) is 0 Å². The maximum absolute atomic E-state index is 11.5. The summed E-state index contributed by atoms with van der Waals surface area (Å²) in [5.41, 5.74) is 4.12. The highest BCUT2D eigenvalue weighted by Gasteiger charge is 2.36. The van der Waals surface area contributed by atoms with Gasteiger partial charge in [-0.25, -0.2) is 15.0 Å². The van der Waals surface area contributed by atoms with Crippen LogP contribution in [0.4, 0.5) is 5.13 Å². The first-order valence-electron chi connectivity index (χ1n) is 12.8. The van der Waals surface area contributed by atoms with Crippen molar-refractivity contribution < 1.29 is 14.7 Å². The molecule has 0 unspecified atom stereocenters. The second-order valence-corrected chi connectivity index (χ2v) is 10.6. The summed E-state index contributed by atoms with van der Waals surface area (Å²) in [6.45, 7) is 6.50. The molecule has 1 aliphatic rings. The Morgan fingerprint density at radius 2 is 1.90 bits per heavy atom. The number of hydrogen-bond donors (Lipinski definition) is 3. The van der Waals surface area contributed by atoms with Crippen LogP contribution in [-0.2, 0) is 16.1 Å². The molecular weight excluding hydrogens is 514 g/mol. The average molecular weight is 548 g/mol. The van der Waals surface area contributed by atoms with Crippen molar-refractivity contribution in [2.75, 3.05) is 32.0 Å². The van der Waals surface area contributed by atoms with Gasteiger partial charge in [0.15, 0.2) is 5.13 Å². The molecule has 1 fully saturated rings. The molecule has 39 heavy (non-hydrogen) atoms. The van der Waals surface area contributed by atoms with Crippen LogP contribution < -0.4 is 10.6 Å². The Morgan fingerprint density at radius 3 is 2.46 bits per heavy atom. The minimum absolute atomic E-state index is 0.617. The number of anilines is 1. The van der Waals surface area contributed by atoms with E-state index in [1.54, 1.807) is 17.5 Å². The van der Waals surface area contributed by atoms with Gasteiger partial charge >= 0.3 is 5.97 Å². The van der Waals surface area contributed by atoms with Crippen molar-refractivity contribution >= 4 is 39.1 Å². The van der Waals surface area contributed by atoms with Gasteiger partial charge in [-0.05, 0) is 69.6 Å². The number of piperidine rings is 1. The lowest BCUT2D eigenvalue weighted by Crippen LogP contribution is -2.42. The summed E-state index contributed by atoms with van der Waals surface area (Å²) in [6, 6.07) is 10.1. The van der Waals surface area contributed by atoms with Crippen molar-refractivity contribution in [3.8, 4) is 22.4 Å².